The normalized spacial score (nSPS) is 12.0. The van der Waals surface area contributed by atoms with Gasteiger partial charge in [-0.25, -0.2) is 9.78 Å². The molecule has 3 aromatic rings. The van der Waals surface area contributed by atoms with Crippen LogP contribution in [-0.2, 0) is 0 Å². The average molecular weight is 340 g/mol. The Morgan fingerprint density at radius 2 is 1.92 bits per heavy atom. The maximum atomic E-state index is 12.3. The van der Waals surface area contributed by atoms with Gasteiger partial charge in [0, 0.05) is 5.69 Å². The van der Waals surface area contributed by atoms with E-state index in [4.69, 9.17) is 0 Å². The third-order valence-corrected chi connectivity index (χ3v) is 4.33. The average Bonchev–Trinajstić information content (AvgIpc) is 3.03. The maximum Gasteiger partial charge on any atom is 0.319 e. The van der Waals surface area contributed by atoms with Crippen LogP contribution in [0.25, 0.3) is 11.0 Å². The van der Waals surface area contributed by atoms with Gasteiger partial charge in [-0.2, -0.15) is 11.8 Å². The summed E-state index contributed by atoms with van der Waals surface area (Å²) in [5.74, 6) is 1.72. The van der Waals surface area contributed by atoms with Gasteiger partial charge in [0.05, 0.1) is 17.1 Å². The molecule has 24 heavy (non-hydrogen) atoms. The van der Waals surface area contributed by atoms with E-state index >= 15 is 0 Å². The van der Waals surface area contributed by atoms with Crippen LogP contribution in [0, 0.1) is 0 Å². The summed E-state index contributed by atoms with van der Waals surface area (Å²) in [5.41, 5.74) is 2.65. The van der Waals surface area contributed by atoms with E-state index in [-0.39, 0.29) is 12.1 Å². The van der Waals surface area contributed by atoms with E-state index in [0.717, 1.165) is 34.7 Å². The van der Waals surface area contributed by atoms with Gasteiger partial charge in [0.15, 0.2) is 0 Å². The molecule has 2 amide bonds. The number of carbonyl (C=O) groups is 1. The van der Waals surface area contributed by atoms with E-state index in [9.17, 15) is 4.79 Å². The van der Waals surface area contributed by atoms with Gasteiger partial charge in [0.2, 0.25) is 0 Å². The molecule has 3 rings (SSSR count). The molecular weight excluding hydrogens is 320 g/mol. The van der Waals surface area contributed by atoms with Crippen LogP contribution in [0.3, 0.4) is 0 Å². The van der Waals surface area contributed by atoms with Crippen LogP contribution in [0.4, 0.5) is 10.5 Å². The molecular formula is C18H20N4OS. The number of H-pyrrole nitrogens is 1. The van der Waals surface area contributed by atoms with Gasteiger partial charge >= 0.3 is 6.03 Å². The van der Waals surface area contributed by atoms with Gasteiger partial charge < -0.3 is 15.6 Å². The Morgan fingerprint density at radius 3 is 2.67 bits per heavy atom. The molecule has 0 radical (unpaired) electrons. The lowest BCUT2D eigenvalue weighted by atomic mass is 10.2. The van der Waals surface area contributed by atoms with Crippen LogP contribution in [0.5, 0.6) is 0 Å². The summed E-state index contributed by atoms with van der Waals surface area (Å²) in [6, 6.07) is 16.9. The molecule has 1 aromatic heterocycles. The Kier molecular flexibility index (Phi) is 5.38. The molecule has 2 aromatic carbocycles. The minimum atomic E-state index is -0.229. The third-order valence-electron chi connectivity index (χ3n) is 3.69. The van der Waals surface area contributed by atoms with Gasteiger partial charge in [0.1, 0.15) is 5.82 Å². The van der Waals surface area contributed by atoms with Gasteiger partial charge in [-0.15, -0.1) is 0 Å². The topological polar surface area (TPSA) is 69.8 Å². The number of benzene rings is 2. The lowest BCUT2D eigenvalue weighted by Gasteiger charge is -2.17. The second kappa shape index (κ2) is 7.88. The van der Waals surface area contributed by atoms with Crippen molar-refractivity contribution in [2.75, 3.05) is 17.3 Å². The van der Waals surface area contributed by atoms with E-state index in [1.54, 1.807) is 11.8 Å². The van der Waals surface area contributed by atoms with Crippen molar-refractivity contribution in [1.29, 1.82) is 0 Å². The lowest BCUT2D eigenvalue weighted by molar-refractivity contribution is 0.248. The number of para-hydroxylation sites is 3. The quantitative estimate of drug-likeness (QED) is 0.630. The second-order valence-electron chi connectivity index (χ2n) is 5.44. The molecule has 0 saturated carbocycles. The molecule has 0 bridgehead atoms. The zero-order valence-electron chi connectivity index (χ0n) is 13.5. The van der Waals surface area contributed by atoms with Crippen molar-refractivity contribution >= 4 is 34.5 Å². The van der Waals surface area contributed by atoms with Crippen LogP contribution in [-0.4, -0.2) is 28.0 Å². The number of nitrogens with zero attached hydrogens (tertiary/aromatic N) is 1. The Labute approximate surface area is 145 Å². The number of amides is 2. The summed E-state index contributed by atoms with van der Waals surface area (Å²) in [6.45, 7) is 0. The van der Waals surface area contributed by atoms with Gasteiger partial charge in [-0.3, -0.25) is 0 Å². The number of aromatic nitrogens is 2. The van der Waals surface area contributed by atoms with Crippen molar-refractivity contribution in [2.45, 2.75) is 12.5 Å². The molecule has 5 nitrogen and oxygen atoms in total. The number of urea groups is 1. The van der Waals surface area contributed by atoms with Gasteiger partial charge in [-0.05, 0) is 42.7 Å². The zero-order chi connectivity index (χ0) is 16.8. The van der Waals surface area contributed by atoms with Crippen LogP contribution < -0.4 is 10.6 Å². The number of anilines is 1. The highest BCUT2D eigenvalue weighted by atomic mass is 32.2. The summed E-state index contributed by atoms with van der Waals surface area (Å²) in [4.78, 5) is 20.2. The first-order valence-corrected chi connectivity index (χ1v) is 9.22. The number of hydrogen-bond acceptors (Lipinski definition) is 3. The number of aromatic amines is 1. The summed E-state index contributed by atoms with van der Waals surface area (Å²) in [5, 5.41) is 5.87. The van der Waals surface area contributed by atoms with Crippen LogP contribution in [0.1, 0.15) is 18.3 Å². The highest BCUT2D eigenvalue weighted by molar-refractivity contribution is 7.98. The zero-order valence-corrected chi connectivity index (χ0v) is 14.3. The minimum absolute atomic E-state index is 0.159. The summed E-state index contributed by atoms with van der Waals surface area (Å²) in [6.07, 6.45) is 2.86. The number of nitrogens with one attached hydrogen (secondary N) is 3. The fourth-order valence-electron chi connectivity index (χ4n) is 2.50. The molecule has 3 N–H and O–H groups in total. The predicted octanol–water partition coefficient (Wildman–Crippen LogP) is 4.18. The molecule has 1 atom stereocenters. The SMILES string of the molecule is CSCC[C@@H](NC(=O)Nc1ccccc1)c1nc2ccccc2[nH]1. The summed E-state index contributed by atoms with van der Waals surface area (Å²) in [7, 11) is 0. The standard InChI is InChI=1S/C18H20N4OS/c1-24-12-11-16(17-20-14-9-5-6-10-15(14)21-17)22-18(23)19-13-7-3-2-4-8-13/h2-10,16H,11-12H2,1H3,(H,20,21)(H2,19,22,23)/t16-/m1/s1. The Balaban J connectivity index is 1.74. The Morgan fingerprint density at radius 1 is 1.17 bits per heavy atom. The van der Waals surface area contributed by atoms with Crippen LogP contribution in [0.2, 0.25) is 0 Å². The van der Waals surface area contributed by atoms with E-state index in [0.29, 0.717) is 0 Å². The number of thioether (sulfide) groups is 1. The molecule has 1 heterocycles. The van der Waals surface area contributed by atoms with Crippen molar-refractivity contribution in [1.82, 2.24) is 15.3 Å². The summed E-state index contributed by atoms with van der Waals surface area (Å²) >= 11 is 1.75. The van der Waals surface area contributed by atoms with Crippen LogP contribution in [0.15, 0.2) is 54.6 Å². The highest BCUT2D eigenvalue weighted by Gasteiger charge is 2.18. The number of fused-ring (bicyclic) bond motifs is 1. The molecule has 6 heteroatoms. The number of carbonyl (C=O) groups excluding carboxylic acids is 1. The largest absolute Gasteiger partial charge is 0.340 e. The molecule has 0 unspecified atom stereocenters. The third kappa shape index (κ3) is 4.08. The molecule has 0 fully saturated rings. The number of hydrogen-bond donors (Lipinski definition) is 3. The minimum Gasteiger partial charge on any atom is -0.340 e. The first-order chi connectivity index (χ1) is 11.8. The number of imidazole rings is 1. The van der Waals surface area contributed by atoms with E-state index in [2.05, 4.69) is 26.9 Å². The molecule has 0 aliphatic heterocycles. The van der Waals surface area contributed by atoms with Crippen molar-refractivity contribution in [3.05, 3.63) is 60.4 Å². The second-order valence-corrected chi connectivity index (χ2v) is 6.42. The van der Waals surface area contributed by atoms with Crippen molar-refractivity contribution in [2.24, 2.45) is 0 Å². The number of rotatable bonds is 6. The Bertz CT molecular complexity index is 770. The van der Waals surface area contributed by atoms with Crippen molar-refractivity contribution < 1.29 is 4.79 Å². The fraction of sp³-hybridized carbons (Fsp3) is 0.222. The lowest BCUT2D eigenvalue weighted by Crippen LogP contribution is -2.33. The molecule has 0 aliphatic carbocycles. The van der Waals surface area contributed by atoms with Gasteiger partial charge in [0.25, 0.3) is 0 Å². The first-order valence-electron chi connectivity index (χ1n) is 7.82. The maximum absolute atomic E-state index is 12.3. The fourth-order valence-corrected chi connectivity index (χ4v) is 2.97. The van der Waals surface area contributed by atoms with E-state index in [1.807, 2.05) is 54.6 Å². The summed E-state index contributed by atoms with van der Waals surface area (Å²) < 4.78 is 0. The predicted molar refractivity (Wildman–Crippen MR) is 100 cm³/mol. The van der Waals surface area contributed by atoms with E-state index < -0.39 is 0 Å². The molecule has 0 saturated heterocycles. The van der Waals surface area contributed by atoms with Crippen molar-refractivity contribution in [3.8, 4) is 0 Å². The van der Waals surface area contributed by atoms with Crippen molar-refractivity contribution in [3.63, 3.8) is 0 Å². The highest BCUT2D eigenvalue weighted by Crippen LogP contribution is 2.20. The first kappa shape index (κ1) is 16.4. The smallest absolute Gasteiger partial charge is 0.319 e. The van der Waals surface area contributed by atoms with Crippen LogP contribution >= 0.6 is 11.8 Å². The van der Waals surface area contributed by atoms with Gasteiger partial charge in [-0.1, -0.05) is 30.3 Å². The molecule has 0 aliphatic rings. The Hall–Kier alpha value is -2.47. The van der Waals surface area contributed by atoms with E-state index in [1.165, 1.54) is 0 Å². The monoisotopic (exact) mass is 340 g/mol. The molecule has 124 valence electrons. The molecule has 0 spiro atoms.